The van der Waals surface area contributed by atoms with E-state index in [4.69, 9.17) is 0 Å². The number of amides is 1. The average molecular weight is 351 g/mol. The molecule has 2 aromatic heterocycles. The van der Waals surface area contributed by atoms with E-state index in [9.17, 15) is 4.79 Å². The van der Waals surface area contributed by atoms with E-state index in [1.165, 1.54) is 5.56 Å². The zero-order chi connectivity index (χ0) is 17.3. The molecule has 0 atom stereocenters. The number of pyridine rings is 1. The second-order valence-corrected chi connectivity index (χ2v) is 6.68. The van der Waals surface area contributed by atoms with Gasteiger partial charge in [-0.25, -0.2) is 4.98 Å². The van der Waals surface area contributed by atoms with Crippen molar-refractivity contribution in [1.29, 1.82) is 0 Å². The van der Waals surface area contributed by atoms with Crippen molar-refractivity contribution >= 4 is 17.2 Å². The zero-order valence-corrected chi connectivity index (χ0v) is 14.8. The van der Waals surface area contributed by atoms with Crippen molar-refractivity contribution in [2.75, 3.05) is 6.54 Å². The largest absolute Gasteiger partial charge is 0.356 e. The molecule has 1 amide bonds. The maximum absolute atomic E-state index is 12.0. The third kappa shape index (κ3) is 5.50. The normalized spacial score (nSPS) is 10.6. The second-order valence-electron chi connectivity index (χ2n) is 5.82. The molecule has 0 radical (unpaired) electrons. The van der Waals surface area contributed by atoms with Crippen LogP contribution in [0, 0.1) is 0 Å². The first-order valence-electron chi connectivity index (χ1n) is 8.47. The Morgan fingerprint density at radius 1 is 1.04 bits per heavy atom. The van der Waals surface area contributed by atoms with E-state index in [1.807, 2.05) is 35.7 Å². The summed E-state index contributed by atoms with van der Waals surface area (Å²) in [6.45, 7) is 0.715. The quantitative estimate of drug-likeness (QED) is 0.627. The highest BCUT2D eigenvalue weighted by Crippen LogP contribution is 2.23. The van der Waals surface area contributed by atoms with Gasteiger partial charge in [0, 0.05) is 36.3 Å². The molecule has 0 fully saturated rings. The monoisotopic (exact) mass is 351 g/mol. The van der Waals surface area contributed by atoms with Gasteiger partial charge >= 0.3 is 0 Å². The summed E-state index contributed by atoms with van der Waals surface area (Å²) in [5.74, 6) is 0.0894. The van der Waals surface area contributed by atoms with Crippen molar-refractivity contribution in [2.24, 2.45) is 0 Å². The van der Waals surface area contributed by atoms with Gasteiger partial charge < -0.3 is 5.32 Å². The number of hydrogen-bond acceptors (Lipinski definition) is 4. The number of rotatable bonds is 8. The van der Waals surface area contributed by atoms with Crippen LogP contribution < -0.4 is 5.32 Å². The lowest BCUT2D eigenvalue weighted by molar-refractivity contribution is -0.121. The lowest BCUT2D eigenvalue weighted by atomic mass is 10.1. The molecule has 5 heteroatoms. The van der Waals surface area contributed by atoms with Gasteiger partial charge in [-0.3, -0.25) is 9.78 Å². The fourth-order valence-corrected chi connectivity index (χ4v) is 3.40. The molecule has 0 unspecified atom stereocenters. The molecule has 128 valence electrons. The predicted molar refractivity (Wildman–Crippen MR) is 101 cm³/mol. The number of nitrogens with zero attached hydrogens (tertiary/aromatic N) is 2. The molecule has 1 aromatic carbocycles. The minimum atomic E-state index is 0.0894. The van der Waals surface area contributed by atoms with Crippen LogP contribution in [0.25, 0.3) is 10.6 Å². The highest BCUT2D eigenvalue weighted by molar-refractivity contribution is 7.13. The predicted octanol–water partition coefficient (Wildman–Crippen LogP) is 3.89. The highest BCUT2D eigenvalue weighted by atomic mass is 32.1. The molecule has 1 N–H and O–H groups in total. The molecule has 25 heavy (non-hydrogen) atoms. The van der Waals surface area contributed by atoms with E-state index >= 15 is 0 Å². The first-order valence-corrected chi connectivity index (χ1v) is 9.34. The zero-order valence-electron chi connectivity index (χ0n) is 14.0. The third-order valence-electron chi connectivity index (χ3n) is 3.89. The number of aryl methyl sites for hydroxylation is 2. The fourth-order valence-electron chi connectivity index (χ4n) is 2.54. The number of aromatic nitrogens is 2. The maximum Gasteiger partial charge on any atom is 0.220 e. The van der Waals surface area contributed by atoms with Crippen LogP contribution in [0.15, 0.2) is 60.2 Å². The molecule has 0 saturated carbocycles. The summed E-state index contributed by atoms with van der Waals surface area (Å²) in [7, 11) is 0. The lowest BCUT2D eigenvalue weighted by Gasteiger charge is -2.05. The minimum Gasteiger partial charge on any atom is -0.356 e. The van der Waals surface area contributed by atoms with E-state index in [1.54, 1.807) is 23.7 Å². The molecule has 0 spiro atoms. The third-order valence-corrected chi connectivity index (χ3v) is 4.83. The SMILES string of the molecule is O=C(CCc1csc(-c2ccncc2)n1)NCCCc1ccccc1. The summed E-state index contributed by atoms with van der Waals surface area (Å²) in [5, 5.41) is 5.99. The van der Waals surface area contributed by atoms with Gasteiger partial charge in [0.05, 0.1) is 5.69 Å². The van der Waals surface area contributed by atoms with Gasteiger partial charge in [0.2, 0.25) is 5.91 Å². The van der Waals surface area contributed by atoms with Crippen LogP contribution in [0.2, 0.25) is 0 Å². The Labute approximate surface area is 152 Å². The molecule has 3 aromatic rings. The average Bonchev–Trinajstić information content (AvgIpc) is 3.14. The Morgan fingerprint density at radius 2 is 1.84 bits per heavy atom. The summed E-state index contributed by atoms with van der Waals surface area (Å²) < 4.78 is 0. The summed E-state index contributed by atoms with van der Waals surface area (Å²) in [6.07, 6.45) is 6.62. The van der Waals surface area contributed by atoms with Gasteiger partial charge in [-0.05, 0) is 37.0 Å². The summed E-state index contributed by atoms with van der Waals surface area (Å²) in [6, 6.07) is 14.2. The molecule has 4 nitrogen and oxygen atoms in total. The van der Waals surface area contributed by atoms with Gasteiger partial charge in [0.15, 0.2) is 0 Å². The van der Waals surface area contributed by atoms with Crippen molar-refractivity contribution in [2.45, 2.75) is 25.7 Å². The molecular weight excluding hydrogens is 330 g/mol. The Bertz CT molecular complexity index is 787. The second kappa shape index (κ2) is 9.08. The van der Waals surface area contributed by atoms with E-state index in [2.05, 4.69) is 27.4 Å². The van der Waals surface area contributed by atoms with Crippen molar-refractivity contribution in [1.82, 2.24) is 15.3 Å². The number of nitrogens with one attached hydrogen (secondary N) is 1. The van der Waals surface area contributed by atoms with Crippen LogP contribution in [-0.4, -0.2) is 22.4 Å². The highest BCUT2D eigenvalue weighted by Gasteiger charge is 2.07. The molecule has 2 heterocycles. The van der Waals surface area contributed by atoms with Crippen LogP contribution in [0.5, 0.6) is 0 Å². The molecule has 0 saturated heterocycles. The molecule has 0 aliphatic rings. The van der Waals surface area contributed by atoms with Crippen LogP contribution in [-0.2, 0) is 17.6 Å². The van der Waals surface area contributed by atoms with Crippen LogP contribution >= 0.6 is 11.3 Å². The van der Waals surface area contributed by atoms with Crippen LogP contribution in [0.4, 0.5) is 0 Å². The van der Waals surface area contributed by atoms with Gasteiger partial charge in [-0.1, -0.05) is 30.3 Å². The van der Waals surface area contributed by atoms with Crippen LogP contribution in [0.1, 0.15) is 24.1 Å². The van der Waals surface area contributed by atoms with E-state index in [0.29, 0.717) is 19.4 Å². The van der Waals surface area contributed by atoms with Crippen molar-refractivity contribution in [3.05, 3.63) is 71.5 Å². The molecular formula is C20H21N3OS. The number of carbonyl (C=O) groups excluding carboxylic acids is 1. The maximum atomic E-state index is 12.0. The molecule has 3 rings (SSSR count). The Morgan fingerprint density at radius 3 is 2.64 bits per heavy atom. The van der Waals surface area contributed by atoms with Gasteiger partial charge in [-0.2, -0.15) is 0 Å². The van der Waals surface area contributed by atoms with Crippen LogP contribution in [0.3, 0.4) is 0 Å². The van der Waals surface area contributed by atoms with Crippen molar-refractivity contribution < 1.29 is 4.79 Å². The Balaban J connectivity index is 1.37. The van der Waals surface area contributed by atoms with Gasteiger partial charge in [-0.15, -0.1) is 11.3 Å². The first-order chi connectivity index (χ1) is 12.3. The first kappa shape index (κ1) is 17.3. The molecule has 0 aliphatic heterocycles. The topological polar surface area (TPSA) is 54.9 Å². The Hall–Kier alpha value is -2.53. The minimum absolute atomic E-state index is 0.0894. The number of carbonyl (C=O) groups is 1. The Kier molecular flexibility index (Phi) is 6.29. The fraction of sp³-hybridized carbons (Fsp3) is 0.250. The molecule has 0 aliphatic carbocycles. The number of benzene rings is 1. The smallest absolute Gasteiger partial charge is 0.220 e. The summed E-state index contributed by atoms with van der Waals surface area (Å²) in [4.78, 5) is 20.6. The van der Waals surface area contributed by atoms with E-state index < -0.39 is 0 Å². The van der Waals surface area contributed by atoms with Crippen molar-refractivity contribution in [3.63, 3.8) is 0 Å². The number of hydrogen-bond donors (Lipinski definition) is 1. The summed E-state index contributed by atoms with van der Waals surface area (Å²) in [5.41, 5.74) is 3.34. The van der Waals surface area contributed by atoms with Gasteiger partial charge in [0.25, 0.3) is 0 Å². The molecule has 0 bridgehead atoms. The van der Waals surface area contributed by atoms with E-state index in [-0.39, 0.29) is 5.91 Å². The lowest BCUT2D eigenvalue weighted by Crippen LogP contribution is -2.25. The summed E-state index contributed by atoms with van der Waals surface area (Å²) >= 11 is 1.60. The van der Waals surface area contributed by atoms with Gasteiger partial charge in [0.1, 0.15) is 5.01 Å². The van der Waals surface area contributed by atoms with E-state index in [0.717, 1.165) is 29.1 Å². The number of thiazole rings is 1. The van der Waals surface area contributed by atoms with Crippen molar-refractivity contribution in [3.8, 4) is 10.6 Å². The standard InChI is InChI=1S/C20H21N3OS/c24-19(22-12-4-7-16-5-2-1-3-6-16)9-8-18-15-25-20(23-18)17-10-13-21-14-11-17/h1-3,5-6,10-11,13-15H,4,7-9,12H2,(H,22,24).